The summed E-state index contributed by atoms with van der Waals surface area (Å²) in [6.45, 7) is 5.15. The van der Waals surface area contributed by atoms with E-state index in [9.17, 15) is 0 Å². The van der Waals surface area contributed by atoms with E-state index in [-0.39, 0.29) is 0 Å². The van der Waals surface area contributed by atoms with Crippen LogP contribution in [0.15, 0.2) is 24.3 Å². The first-order valence-electron chi connectivity index (χ1n) is 7.62. The van der Waals surface area contributed by atoms with Crippen molar-refractivity contribution in [3.05, 3.63) is 29.8 Å². The Balaban J connectivity index is 2.48. The topological polar surface area (TPSA) is 30.5 Å². The van der Waals surface area contributed by atoms with Gasteiger partial charge < -0.3 is 14.8 Å². The molecule has 0 heterocycles. The molecule has 1 aromatic rings. The highest BCUT2D eigenvalue weighted by Gasteiger charge is 2.10. The second-order valence-electron chi connectivity index (χ2n) is 5.22. The van der Waals surface area contributed by atoms with Gasteiger partial charge in [-0.15, -0.1) is 0 Å². The molecule has 0 aliphatic heterocycles. The minimum Gasteiger partial charge on any atom is -0.497 e. The van der Waals surface area contributed by atoms with Crippen molar-refractivity contribution >= 4 is 0 Å². The number of unbranched alkanes of at least 4 members (excludes halogenated alkanes) is 1. The Bertz CT molecular complexity index is 355. The predicted octanol–water partition coefficient (Wildman–Crippen LogP) is 3.28. The van der Waals surface area contributed by atoms with Crippen molar-refractivity contribution < 1.29 is 9.47 Å². The zero-order chi connectivity index (χ0) is 14.6. The highest BCUT2D eigenvalue weighted by Crippen LogP contribution is 2.19. The molecule has 0 spiro atoms. The highest BCUT2D eigenvalue weighted by molar-refractivity contribution is 5.28. The van der Waals surface area contributed by atoms with E-state index in [0.717, 1.165) is 38.3 Å². The Morgan fingerprint density at radius 1 is 1.20 bits per heavy atom. The average molecular weight is 279 g/mol. The fourth-order valence-corrected chi connectivity index (χ4v) is 2.44. The summed E-state index contributed by atoms with van der Waals surface area (Å²) >= 11 is 0. The standard InChI is InChI=1S/C17H29NO2/c1-4-18-14-16(8-5-6-11-19-2)12-15-9-7-10-17(13-15)20-3/h7,9-10,13,16,18H,4-6,8,11-12,14H2,1-3H3. The second kappa shape index (κ2) is 10.7. The third-order valence-electron chi connectivity index (χ3n) is 3.55. The first-order valence-corrected chi connectivity index (χ1v) is 7.62. The fourth-order valence-electron chi connectivity index (χ4n) is 2.44. The van der Waals surface area contributed by atoms with E-state index in [4.69, 9.17) is 9.47 Å². The van der Waals surface area contributed by atoms with Gasteiger partial charge in [-0.05, 0) is 56.0 Å². The maximum absolute atomic E-state index is 5.30. The molecule has 1 rings (SSSR count). The smallest absolute Gasteiger partial charge is 0.119 e. The molecule has 1 N–H and O–H groups in total. The quantitative estimate of drug-likeness (QED) is 0.631. The van der Waals surface area contributed by atoms with Gasteiger partial charge in [0.05, 0.1) is 7.11 Å². The van der Waals surface area contributed by atoms with Crippen LogP contribution in [0.3, 0.4) is 0 Å². The van der Waals surface area contributed by atoms with E-state index in [1.54, 1.807) is 14.2 Å². The largest absolute Gasteiger partial charge is 0.497 e. The SMILES string of the molecule is CCNCC(CCCCOC)Cc1cccc(OC)c1. The van der Waals surface area contributed by atoms with Crippen LogP contribution in [-0.2, 0) is 11.2 Å². The van der Waals surface area contributed by atoms with Crippen LogP contribution >= 0.6 is 0 Å². The van der Waals surface area contributed by atoms with Crippen molar-refractivity contribution in [2.75, 3.05) is 33.9 Å². The van der Waals surface area contributed by atoms with E-state index in [0.29, 0.717) is 5.92 Å². The van der Waals surface area contributed by atoms with Crippen molar-refractivity contribution in [2.45, 2.75) is 32.6 Å². The molecule has 1 atom stereocenters. The molecular formula is C17H29NO2. The minimum absolute atomic E-state index is 0.680. The molecule has 0 bridgehead atoms. The lowest BCUT2D eigenvalue weighted by atomic mass is 9.94. The van der Waals surface area contributed by atoms with Crippen LogP contribution in [-0.4, -0.2) is 33.9 Å². The van der Waals surface area contributed by atoms with E-state index in [1.807, 2.05) is 6.07 Å². The minimum atomic E-state index is 0.680. The molecule has 0 amide bonds. The van der Waals surface area contributed by atoms with Gasteiger partial charge in [-0.2, -0.15) is 0 Å². The number of rotatable bonds is 11. The number of nitrogens with one attached hydrogen (secondary N) is 1. The van der Waals surface area contributed by atoms with Crippen LogP contribution < -0.4 is 10.1 Å². The van der Waals surface area contributed by atoms with Gasteiger partial charge in [-0.3, -0.25) is 0 Å². The Labute approximate surface area is 123 Å². The molecule has 0 fully saturated rings. The Kier molecular flexibility index (Phi) is 9.09. The summed E-state index contributed by atoms with van der Waals surface area (Å²) < 4.78 is 10.4. The van der Waals surface area contributed by atoms with Crippen LogP contribution in [0.25, 0.3) is 0 Å². The molecule has 0 aliphatic carbocycles. The third-order valence-corrected chi connectivity index (χ3v) is 3.55. The molecule has 0 saturated carbocycles. The van der Waals surface area contributed by atoms with Gasteiger partial charge in [-0.25, -0.2) is 0 Å². The van der Waals surface area contributed by atoms with Gasteiger partial charge in [0.1, 0.15) is 5.75 Å². The van der Waals surface area contributed by atoms with Crippen molar-refractivity contribution in [3.8, 4) is 5.75 Å². The van der Waals surface area contributed by atoms with E-state index >= 15 is 0 Å². The van der Waals surface area contributed by atoms with Crippen molar-refractivity contribution in [3.63, 3.8) is 0 Å². The van der Waals surface area contributed by atoms with Crippen LogP contribution in [0.1, 0.15) is 31.7 Å². The van der Waals surface area contributed by atoms with Crippen LogP contribution in [0.4, 0.5) is 0 Å². The molecule has 1 aromatic carbocycles. The highest BCUT2D eigenvalue weighted by atomic mass is 16.5. The third kappa shape index (κ3) is 6.92. The molecule has 3 nitrogen and oxygen atoms in total. The second-order valence-corrected chi connectivity index (χ2v) is 5.22. The van der Waals surface area contributed by atoms with Gasteiger partial charge in [0, 0.05) is 13.7 Å². The molecule has 0 aliphatic rings. The summed E-state index contributed by atoms with van der Waals surface area (Å²) in [6, 6.07) is 8.41. The monoisotopic (exact) mass is 279 g/mol. The normalized spacial score (nSPS) is 12.3. The molecule has 0 aromatic heterocycles. The molecule has 114 valence electrons. The molecule has 0 saturated heterocycles. The zero-order valence-corrected chi connectivity index (χ0v) is 13.2. The maximum Gasteiger partial charge on any atom is 0.119 e. The first-order chi connectivity index (χ1) is 9.80. The van der Waals surface area contributed by atoms with Gasteiger partial charge in [0.2, 0.25) is 0 Å². The van der Waals surface area contributed by atoms with E-state index < -0.39 is 0 Å². The van der Waals surface area contributed by atoms with E-state index in [1.165, 1.54) is 18.4 Å². The number of methoxy groups -OCH3 is 2. The number of hydrogen-bond acceptors (Lipinski definition) is 3. The molecule has 20 heavy (non-hydrogen) atoms. The summed E-state index contributed by atoms with van der Waals surface area (Å²) in [6.07, 6.45) is 4.73. The Hall–Kier alpha value is -1.06. The predicted molar refractivity (Wildman–Crippen MR) is 84.5 cm³/mol. The summed E-state index contributed by atoms with van der Waals surface area (Å²) in [5.41, 5.74) is 1.36. The van der Waals surface area contributed by atoms with E-state index in [2.05, 4.69) is 30.4 Å². The average Bonchev–Trinajstić information content (AvgIpc) is 2.49. The number of benzene rings is 1. The van der Waals surface area contributed by atoms with Gasteiger partial charge in [0.25, 0.3) is 0 Å². The first kappa shape index (κ1) is 17.0. The van der Waals surface area contributed by atoms with Crippen LogP contribution in [0.2, 0.25) is 0 Å². The number of hydrogen-bond donors (Lipinski definition) is 1. The Morgan fingerprint density at radius 2 is 2.05 bits per heavy atom. The summed E-state index contributed by atoms with van der Waals surface area (Å²) in [7, 11) is 3.49. The van der Waals surface area contributed by atoms with Gasteiger partial charge >= 0.3 is 0 Å². The zero-order valence-electron chi connectivity index (χ0n) is 13.2. The van der Waals surface area contributed by atoms with Crippen LogP contribution in [0, 0.1) is 5.92 Å². The molecule has 1 unspecified atom stereocenters. The number of ether oxygens (including phenoxy) is 2. The molecule has 3 heteroatoms. The lowest BCUT2D eigenvalue weighted by molar-refractivity contribution is 0.190. The van der Waals surface area contributed by atoms with Gasteiger partial charge in [0.15, 0.2) is 0 Å². The fraction of sp³-hybridized carbons (Fsp3) is 0.647. The van der Waals surface area contributed by atoms with Crippen molar-refractivity contribution in [1.82, 2.24) is 5.32 Å². The van der Waals surface area contributed by atoms with Crippen molar-refractivity contribution in [2.24, 2.45) is 5.92 Å². The lowest BCUT2D eigenvalue weighted by Crippen LogP contribution is -2.24. The Morgan fingerprint density at radius 3 is 2.75 bits per heavy atom. The van der Waals surface area contributed by atoms with Gasteiger partial charge in [-0.1, -0.05) is 25.5 Å². The molecule has 0 radical (unpaired) electrons. The van der Waals surface area contributed by atoms with Crippen LogP contribution in [0.5, 0.6) is 5.75 Å². The maximum atomic E-state index is 5.30. The lowest BCUT2D eigenvalue weighted by Gasteiger charge is -2.17. The summed E-state index contributed by atoms with van der Waals surface area (Å²) in [5, 5.41) is 3.48. The van der Waals surface area contributed by atoms with Crippen molar-refractivity contribution in [1.29, 1.82) is 0 Å². The summed E-state index contributed by atoms with van der Waals surface area (Å²) in [4.78, 5) is 0. The molecular weight excluding hydrogens is 250 g/mol. The summed E-state index contributed by atoms with van der Waals surface area (Å²) in [5.74, 6) is 1.63.